The van der Waals surface area contributed by atoms with Crippen LogP contribution in [0.4, 0.5) is 0 Å². The fourth-order valence-electron chi connectivity index (χ4n) is 1.22. The van der Waals surface area contributed by atoms with Crippen molar-refractivity contribution in [1.29, 1.82) is 0 Å². The van der Waals surface area contributed by atoms with Crippen LogP contribution in [0.1, 0.15) is 12.0 Å². The van der Waals surface area contributed by atoms with E-state index in [9.17, 15) is 0 Å². The predicted octanol–water partition coefficient (Wildman–Crippen LogP) is 3.12. The molecule has 1 N–H and O–H groups in total. The van der Waals surface area contributed by atoms with E-state index >= 15 is 0 Å². The number of hydroxylamine groups is 1. The van der Waals surface area contributed by atoms with Gasteiger partial charge in [0, 0.05) is 11.4 Å². The van der Waals surface area contributed by atoms with E-state index in [-0.39, 0.29) is 0 Å². The molecule has 0 aliphatic carbocycles. The second-order valence-electron chi connectivity index (χ2n) is 3.02. The molecule has 0 bridgehead atoms. The van der Waals surface area contributed by atoms with Gasteiger partial charge in [0.25, 0.3) is 0 Å². The minimum absolute atomic E-state index is 0.750. The van der Waals surface area contributed by atoms with Crippen molar-refractivity contribution in [2.75, 3.05) is 0 Å². The molecule has 14 heavy (non-hydrogen) atoms. The zero-order valence-electron chi connectivity index (χ0n) is 7.53. The summed E-state index contributed by atoms with van der Waals surface area (Å²) >= 11 is 5.78. The first-order valence-electron chi connectivity index (χ1n) is 4.37. The molecule has 0 atom stereocenters. The Morgan fingerprint density at radius 1 is 1.29 bits per heavy atom. The number of benzene rings is 1. The van der Waals surface area contributed by atoms with Gasteiger partial charge in [0.1, 0.15) is 6.26 Å². The second kappa shape index (κ2) is 4.20. The van der Waals surface area contributed by atoms with E-state index in [1.807, 2.05) is 36.4 Å². The van der Waals surface area contributed by atoms with Gasteiger partial charge < -0.3 is 4.84 Å². The minimum Gasteiger partial charge on any atom is -0.391 e. The number of allylic oxidation sites excluding steroid dienone is 1. The summed E-state index contributed by atoms with van der Waals surface area (Å²) in [5.41, 5.74) is 4.97. The van der Waals surface area contributed by atoms with Crippen LogP contribution in [-0.2, 0) is 4.84 Å². The molecule has 0 amide bonds. The molecule has 72 valence electrons. The van der Waals surface area contributed by atoms with Crippen LogP contribution in [0.15, 0.2) is 42.3 Å². The van der Waals surface area contributed by atoms with Gasteiger partial charge in [-0.3, -0.25) is 0 Å². The standard InChI is InChI=1S/C11H10ClNO/c12-10-5-3-9(4-6-10)8-11-2-1-7-14-13-11/h1,3-8,13H,2H2. The molecule has 1 heterocycles. The molecule has 2 rings (SSSR count). The van der Waals surface area contributed by atoms with Crippen molar-refractivity contribution in [2.45, 2.75) is 6.42 Å². The fraction of sp³-hybridized carbons (Fsp3) is 0.0909. The second-order valence-corrected chi connectivity index (χ2v) is 3.45. The van der Waals surface area contributed by atoms with E-state index in [1.165, 1.54) is 0 Å². The summed E-state index contributed by atoms with van der Waals surface area (Å²) in [6.07, 6.45) is 6.49. The van der Waals surface area contributed by atoms with Crippen molar-refractivity contribution in [3.63, 3.8) is 0 Å². The van der Waals surface area contributed by atoms with Crippen LogP contribution in [0.2, 0.25) is 5.02 Å². The maximum absolute atomic E-state index is 5.78. The normalized spacial score (nSPS) is 17.6. The third-order valence-electron chi connectivity index (χ3n) is 1.90. The van der Waals surface area contributed by atoms with Crippen LogP contribution >= 0.6 is 11.6 Å². The van der Waals surface area contributed by atoms with Crippen LogP contribution in [0.3, 0.4) is 0 Å². The van der Waals surface area contributed by atoms with Gasteiger partial charge in [0.05, 0.1) is 5.70 Å². The number of nitrogens with one attached hydrogen (secondary N) is 1. The highest BCUT2D eigenvalue weighted by Gasteiger charge is 1.99. The molecule has 1 aliphatic rings. The molecular weight excluding hydrogens is 198 g/mol. The van der Waals surface area contributed by atoms with E-state index in [0.29, 0.717) is 0 Å². The number of halogens is 1. The summed E-state index contributed by atoms with van der Waals surface area (Å²) in [5, 5.41) is 0.750. The van der Waals surface area contributed by atoms with Crippen LogP contribution < -0.4 is 5.48 Å². The summed E-state index contributed by atoms with van der Waals surface area (Å²) in [7, 11) is 0. The Balaban J connectivity index is 2.16. The largest absolute Gasteiger partial charge is 0.391 e. The fourth-order valence-corrected chi connectivity index (χ4v) is 1.35. The molecule has 0 radical (unpaired) electrons. The topological polar surface area (TPSA) is 21.3 Å². The van der Waals surface area contributed by atoms with E-state index in [4.69, 9.17) is 16.4 Å². The van der Waals surface area contributed by atoms with Crippen molar-refractivity contribution in [2.24, 2.45) is 0 Å². The van der Waals surface area contributed by atoms with E-state index in [0.717, 1.165) is 22.7 Å². The summed E-state index contributed by atoms with van der Waals surface area (Å²) in [4.78, 5) is 4.95. The first-order valence-corrected chi connectivity index (χ1v) is 4.75. The Kier molecular flexibility index (Phi) is 2.75. The molecule has 1 aromatic rings. The Hall–Kier alpha value is -1.41. The molecule has 0 saturated heterocycles. The SMILES string of the molecule is Clc1ccc(C=C2CC=CON2)cc1. The van der Waals surface area contributed by atoms with Crippen LogP contribution in [0.5, 0.6) is 0 Å². The van der Waals surface area contributed by atoms with E-state index in [2.05, 4.69) is 5.48 Å². The smallest absolute Gasteiger partial charge is 0.115 e. The van der Waals surface area contributed by atoms with Gasteiger partial charge in [0.15, 0.2) is 0 Å². The molecule has 0 unspecified atom stereocenters. The zero-order chi connectivity index (χ0) is 9.80. The third-order valence-corrected chi connectivity index (χ3v) is 2.15. The first kappa shape index (κ1) is 9.16. The van der Waals surface area contributed by atoms with Crippen molar-refractivity contribution < 1.29 is 4.84 Å². The highest BCUT2D eigenvalue weighted by molar-refractivity contribution is 6.30. The zero-order valence-corrected chi connectivity index (χ0v) is 8.29. The van der Waals surface area contributed by atoms with Gasteiger partial charge in [-0.2, -0.15) is 0 Å². The monoisotopic (exact) mass is 207 g/mol. The Bertz CT molecular complexity index is 367. The summed E-state index contributed by atoms with van der Waals surface area (Å²) in [5.74, 6) is 0. The molecule has 0 fully saturated rings. The van der Waals surface area contributed by atoms with Gasteiger partial charge in [-0.05, 0) is 29.8 Å². The Morgan fingerprint density at radius 3 is 2.71 bits per heavy atom. The van der Waals surface area contributed by atoms with Crippen LogP contribution in [-0.4, -0.2) is 0 Å². The molecule has 1 aliphatic heterocycles. The number of hydrogen-bond donors (Lipinski definition) is 1. The predicted molar refractivity (Wildman–Crippen MR) is 57.4 cm³/mol. The molecule has 0 aromatic heterocycles. The highest BCUT2D eigenvalue weighted by Crippen LogP contribution is 2.14. The summed E-state index contributed by atoms with van der Waals surface area (Å²) in [6.45, 7) is 0. The van der Waals surface area contributed by atoms with Crippen LogP contribution in [0.25, 0.3) is 6.08 Å². The number of rotatable bonds is 1. The number of hydrogen-bond acceptors (Lipinski definition) is 2. The van der Waals surface area contributed by atoms with Crippen molar-refractivity contribution >= 4 is 17.7 Å². The molecular formula is C11H10ClNO. The van der Waals surface area contributed by atoms with Gasteiger partial charge in [0.2, 0.25) is 0 Å². The molecule has 0 saturated carbocycles. The molecule has 3 heteroatoms. The third kappa shape index (κ3) is 2.30. The van der Waals surface area contributed by atoms with Gasteiger partial charge in [-0.15, -0.1) is 0 Å². The maximum atomic E-state index is 5.78. The van der Waals surface area contributed by atoms with Crippen LogP contribution in [0, 0.1) is 0 Å². The lowest BCUT2D eigenvalue weighted by atomic mass is 10.1. The average molecular weight is 208 g/mol. The summed E-state index contributed by atoms with van der Waals surface area (Å²) < 4.78 is 0. The Morgan fingerprint density at radius 2 is 2.07 bits per heavy atom. The van der Waals surface area contributed by atoms with E-state index in [1.54, 1.807) is 6.26 Å². The van der Waals surface area contributed by atoms with Gasteiger partial charge in [-0.25, -0.2) is 5.48 Å². The lowest BCUT2D eigenvalue weighted by molar-refractivity contribution is 0.153. The highest BCUT2D eigenvalue weighted by atomic mass is 35.5. The first-order chi connectivity index (χ1) is 6.84. The molecule has 1 aromatic carbocycles. The Labute approximate surface area is 87.8 Å². The lowest BCUT2D eigenvalue weighted by Gasteiger charge is -2.11. The maximum Gasteiger partial charge on any atom is 0.115 e. The molecule has 0 spiro atoms. The van der Waals surface area contributed by atoms with Gasteiger partial charge >= 0.3 is 0 Å². The summed E-state index contributed by atoms with van der Waals surface area (Å²) in [6, 6.07) is 7.67. The average Bonchev–Trinajstić information content (AvgIpc) is 2.23. The molecule has 2 nitrogen and oxygen atoms in total. The van der Waals surface area contributed by atoms with E-state index < -0.39 is 0 Å². The lowest BCUT2D eigenvalue weighted by Crippen LogP contribution is -2.13. The van der Waals surface area contributed by atoms with Crippen molar-refractivity contribution in [3.8, 4) is 0 Å². The van der Waals surface area contributed by atoms with Crippen molar-refractivity contribution in [1.82, 2.24) is 5.48 Å². The quantitative estimate of drug-likeness (QED) is 0.764. The van der Waals surface area contributed by atoms with Gasteiger partial charge in [-0.1, -0.05) is 23.7 Å². The minimum atomic E-state index is 0.750. The van der Waals surface area contributed by atoms with Crippen molar-refractivity contribution in [3.05, 3.63) is 52.9 Å².